The molecule has 2 heterocycles. The van der Waals surface area contributed by atoms with E-state index in [1.807, 2.05) is 55.5 Å². The van der Waals surface area contributed by atoms with Gasteiger partial charge in [-0.2, -0.15) is 0 Å². The molecule has 0 spiro atoms. The van der Waals surface area contributed by atoms with Crippen LogP contribution in [-0.4, -0.2) is 88.0 Å². The Hall–Kier alpha value is -4.81. The number of likely N-dealkylation sites (tertiary alicyclic amines) is 1. The highest BCUT2D eigenvalue weighted by atomic mass is 16.5. The van der Waals surface area contributed by atoms with Crippen molar-refractivity contribution in [1.29, 1.82) is 0 Å². The van der Waals surface area contributed by atoms with Gasteiger partial charge in [-0.1, -0.05) is 29.8 Å². The van der Waals surface area contributed by atoms with Crippen LogP contribution in [0.3, 0.4) is 0 Å². The van der Waals surface area contributed by atoms with Gasteiger partial charge in [0.15, 0.2) is 6.61 Å². The number of carbonyl (C=O) groups is 3. The number of amides is 4. The van der Waals surface area contributed by atoms with Gasteiger partial charge in [-0.25, -0.2) is 4.79 Å². The molecule has 12 heteroatoms. The lowest BCUT2D eigenvalue weighted by molar-refractivity contribution is -0.138. The number of benzene rings is 3. The quantitative estimate of drug-likeness (QED) is 0.337. The summed E-state index contributed by atoms with van der Waals surface area (Å²) in [6.07, 6.45) is 0.0204. The van der Waals surface area contributed by atoms with E-state index in [1.54, 1.807) is 30.2 Å². The Morgan fingerprint density at radius 1 is 0.935 bits per heavy atom. The van der Waals surface area contributed by atoms with Gasteiger partial charge < -0.3 is 44.5 Å². The van der Waals surface area contributed by atoms with Crippen LogP contribution in [-0.2, 0) is 20.9 Å². The summed E-state index contributed by atoms with van der Waals surface area (Å²) < 4.78 is 29.1. The van der Waals surface area contributed by atoms with Crippen LogP contribution in [0.25, 0.3) is 0 Å². The van der Waals surface area contributed by atoms with E-state index in [2.05, 4.69) is 16.0 Å². The van der Waals surface area contributed by atoms with Crippen molar-refractivity contribution in [3.05, 3.63) is 83.4 Å². The molecular formula is C34H40N4O8. The molecule has 46 heavy (non-hydrogen) atoms. The third-order valence-corrected chi connectivity index (χ3v) is 7.60. The number of carbonyl (C=O) groups excluding carboxylic acids is 3. The van der Waals surface area contributed by atoms with Gasteiger partial charge in [0.2, 0.25) is 0 Å². The van der Waals surface area contributed by atoms with Crippen molar-refractivity contribution in [3.63, 3.8) is 0 Å². The molecule has 4 amide bonds. The van der Waals surface area contributed by atoms with Gasteiger partial charge in [0.05, 0.1) is 25.4 Å². The van der Waals surface area contributed by atoms with Crippen molar-refractivity contribution in [3.8, 4) is 23.0 Å². The summed E-state index contributed by atoms with van der Waals surface area (Å²) in [7, 11) is 1.58. The minimum absolute atomic E-state index is 0.0974. The minimum atomic E-state index is -0.477. The molecule has 2 atom stereocenters. The number of fused-ring (bicyclic) bond motifs is 5. The van der Waals surface area contributed by atoms with E-state index in [0.717, 1.165) is 11.1 Å². The number of ether oxygens (including phenoxy) is 5. The van der Waals surface area contributed by atoms with Crippen molar-refractivity contribution in [1.82, 2.24) is 20.9 Å². The van der Waals surface area contributed by atoms with Crippen molar-refractivity contribution >= 4 is 17.8 Å². The van der Waals surface area contributed by atoms with E-state index in [4.69, 9.17) is 23.7 Å². The molecule has 0 aliphatic carbocycles. The molecule has 1 saturated heterocycles. The molecule has 5 rings (SSSR count). The standard InChI is InChI=1S/C34H40N4O8/c1-23-6-8-26(9-7-23)44-22-32(39)38-13-10-30-31(20-38)45-21-24-4-3-5-27(16-24)46-29-18-25(17-28(19-29)43-15-14-42-2)33(40)35-11-12-36-34(41)37-30/h3-9,16-19,30-31H,10-15,20-22H2,1-2H3,(H,35,40)(H2,36,37,41)/t30-,31-/m0/s1. The predicted molar refractivity (Wildman–Crippen MR) is 169 cm³/mol. The van der Waals surface area contributed by atoms with Gasteiger partial charge in [-0.3, -0.25) is 9.59 Å². The molecule has 12 nitrogen and oxygen atoms in total. The Morgan fingerprint density at radius 3 is 2.59 bits per heavy atom. The zero-order valence-corrected chi connectivity index (χ0v) is 26.1. The highest BCUT2D eigenvalue weighted by Gasteiger charge is 2.33. The van der Waals surface area contributed by atoms with E-state index in [9.17, 15) is 14.4 Å². The monoisotopic (exact) mass is 632 g/mol. The molecule has 0 saturated carbocycles. The van der Waals surface area contributed by atoms with Gasteiger partial charge in [-0.15, -0.1) is 0 Å². The average Bonchev–Trinajstić information content (AvgIpc) is 3.05. The van der Waals surface area contributed by atoms with Crippen LogP contribution in [0.5, 0.6) is 23.0 Å². The third-order valence-electron chi connectivity index (χ3n) is 7.60. The number of rotatable bonds is 7. The van der Waals surface area contributed by atoms with Crippen LogP contribution in [0.1, 0.15) is 27.9 Å². The predicted octanol–water partition coefficient (Wildman–Crippen LogP) is 3.42. The maximum Gasteiger partial charge on any atom is 0.315 e. The lowest BCUT2D eigenvalue weighted by Crippen LogP contribution is -2.58. The number of nitrogens with one attached hydrogen (secondary N) is 3. The first-order valence-electron chi connectivity index (χ1n) is 15.3. The van der Waals surface area contributed by atoms with E-state index in [0.29, 0.717) is 54.7 Å². The number of hydrogen-bond acceptors (Lipinski definition) is 8. The SMILES string of the molecule is COCCOc1cc2cc(c1)C(=O)NCCNC(=O)N[C@H]1CCN(C(=O)COc3ccc(C)cc3)C[C@@H]1OCc1cccc(c1)O2. The molecule has 3 N–H and O–H groups in total. The van der Waals surface area contributed by atoms with Gasteiger partial charge in [0.1, 0.15) is 29.6 Å². The largest absolute Gasteiger partial charge is 0.491 e. The van der Waals surface area contributed by atoms with Crippen LogP contribution in [0.4, 0.5) is 4.79 Å². The summed E-state index contributed by atoms with van der Waals surface area (Å²) in [5.41, 5.74) is 2.29. The lowest BCUT2D eigenvalue weighted by atomic mass is 10.0. The highest BCUT2D eigenvalue weighted by Crippen LogP contribution is 2.29. The number of piperidine rings is 1. The summed E-state index contributed by atoms with van der Waals surface area (Å²) in [6, 6.07) is 19.2. The Labute approximate surface area is 268 Å². The number of urea groups is 1. The molecule has 3 aromatic rings. The number of nitrogens with zero attached hydrogens (tertiary/aromatic N) is 1. The fourth-order valence-electron chi connectivity index (χ4n) is 5.15. The second-order valence-corrected chi connectivity index (χ2v) is 11.1. The molecule has 2 aliphatic heterocycles. The van der Waals surface area contributed by atoms with E-state index < -0.39 is 6.10 Å². The van der Waals surface area contributed by atoms with Crippen molar-refractivity contribution in [2.75, 3.05) is 53.1 Å². The highest BCUT2D eigenvalue weighted by molar-refractivity contribution is 5.95. The van der Waals surface area contributed by atoms with Crippen LogP contribution in [0, 0.1) is 6.92 Å². The summed E-state index contributed by atoms with van der Waals surface area (Å²) in [5.74, 6) is 1.55. The van der Waals surface area contributed by atoms with Crippen LogP contribution in [0.2, 0.25) is 0 Å². The van der Waals surface area contributed by atoms with E-state index in [1.165, 1.54) is 0 Å². The zero-order chi connectivity index (χ0) is 32.3. The maximum absolute atomic E-state index is 13.1. The zero-order valence-electron chi connectivity index (χ0n) is 26.1. The molecule has 244 valence electrons. The molecule has 3 aromatic carbocycles. The molecule has 0 radical (unpaired) electrons. The van der Waals surface area contributed by atoms with Crippen molar-refractivity contribution < 1.29 is 38.1 Å². The van der Waals surface area contributed by atoms with Gasteiger partial charge in [-0.05, 0) is 55.3 Å². The smallest absolute Gasteiger partial charge is 0.315 e. The van der Waals surface area contributed by atoms with Crippen LogP contribution < -0.4 is 30.2 Å². The van der Waals surface area contributed by atoms with Gasteiger partial charge in [0.25, 0.3) is 11.8 Å². The molecule has 2 aliphatic rings. The summed E-state index contributed by atoms with van der Waals surface area (Å²) in [6.45, 7) is 3.93. The van der Waals surface area contributed by atoms with Gasteiger partial charge in [0, 0.05) is 44.9 Å². The third kappa shape index (κ3) is 9.35. The summed E-state index contributed by atoms with van der Waals surface area (Å²) >= 11 is 0. The molecular weight excluding hydrogens is 592 g/mol. The van der Waals surface area contributed by atoms with E-state index >= 15 is 0 Å². The molecule has 4 bridgehead atoms. The number of methoxy groups -OCH3 is 1. The normalized spacial score (nSPS) is 18.8. The fraction of sp³-hybridized carbons (Fsp3) is 0.382. The Morgan fingerprint density at radius 2 is 1.76 bits per heavy atom. The second-order valence-electron chi connectivity index (χ2n) is 11.1. The molecule has 0 aromatic heterocycles. The van der Waals surface area contributed by atoms with Crippen molar-refractivity contribution in [2.45, 2.75) is 32.1 Å². The first kappa shape index (κ1) is 32.6. The summed E-state index contributed by atoms with van der Waals surface area (Å²) in [5, 5.41) is 8.60. The molecule has 0 unspecified atom stereocenters. The first-order chi connectivity index (χ1) is 22.4. The second kappa shape index (κ2) is 16.0. The molecule has 1 fully saturated rings. The topological polar surface area (TPSA) is 137 Å². The Bertz CT molecular complexity index is 1500. The fourth-order valence-corrected chi connectivity index (χ4v) is 5.15. The maximum atomic E-state index is 13.1. The van der Waals surface area contributed by atoms with Gasteiger partial charge >= 0.3 is 6.03 Å². The lowest BCUT2D eigenvalue weighted by Gasteiger charge is -2.38. The first-order valence-corrected chi connectivity index (χ1v) is 15.3. The Balaban J connectivity index is 1.31. The summed E-state index contributed by atoms with van der Waals surface area (Å²) in [4.78, 5) is 40.6. The minimum Gasteiger partial charge on any atom is -0.491 e. The number of aryl methyl sites for hydroxylation is 1. The van der Waals surface area contributed by atoms with E-state index in [-0.39, 0.29) is 56.7 Å². The van der Waals surface area contributed by atoms with Crippen LogP contribution in [0.15, 0.2) is 66.7 Å². The van der Waals surface area contributed by atoms with Crippen molar-refractivity contribution in [2.24, 2.45) is 0 Å². The van der Waals surface area contributed by atoms with Crippen LogP contribution >= 0.6 is 0 Å². The number of hydrogen-bond donors (Lipinski definition) is 3. The average molecular weight is 633 g/mol. The Kier molecular flexibility index (Phi) is 11.3.